The first kappa shape index (κ1) is 20.7. The molecular weight excluding hydrogens is 346 g/mol. The highest BCUT2D eigenvalue weighted by Crippen LogP contribution is 2.46. The van der Waals surface area contributed by atoms with Gasteiger partial charge in [-0.15, -0.1) is 0 Å². The lowest BCUT2D eigenvalue weighted by atomic mass is 9.96. The van der Waals surface area contributed by atoms with Gasteiger partial charge in [0.05, 0.1) is 44.9 Å². The normalized spacial score (nSPS) is 11.5. The highest BCUT2D eigenvalue weighted by molar-refractivity contribution is 6.12. The van der Waals surface area contributed by atoms with E-state index in [9.17, 15) is 5.21 Å². The maximum atomic E-state index is 9.65. The Morgan fingerprint density at radius 2 is 1.48 bits per heavy atom. The van der Waals surface area contributed by atoms with Gasteiger partial charge in [0.15, 0.2) is 0 Å². The molecule has 6 heteroatoms. The van der Waals surface area contributed by atoms with Crippen LogP contribution in [0.2, 0.25) is 0 Å². The van der Waals surface area contributed by atoms with Gasteiger partial charge in [-0.25, -0.2) is 0 Å². The molecule has 0 spiro atoms. The predicted molar refractivity (Wildman–Crippen MR) is 107 cm³/mol. The van der Waals surface area contributed by atoms with Crippen LogP contribution in [0.5, 0.6) is 23.0 Å². The summed E-state index contributed by atoms with van der Waals surface area (Å²) >= 11 is 0. The van der Waals surface area contributed by atoms with E-state index in [1.807, 2.05) is 18.2 Å². The molecule has 0 bridgehead atoms. The smallest absolute Gasteiger partial charge is 0.140 e. The van der Waals surface area contributed by atoms with Crippen molar-refractivity contribution in [1.82, 2.24) is 0 Å². The first-order valence-corrected chi connectivity index (χ1v) is 9.17. The number of nitrogens with zero attached hydrogens (tertiary/aromatic N) is 1. The van der Waals surface area contributed by atoms with Gasteiger partial charge in [-0.3, -0.25) is 0 Å². The Kier molecular flexibility index (Phi) is 7.58. The summed E-state index contributed by atoms with van der Waals surface area (Å²) in [5, 5.41) is 14.7. The second-order valence-electron chi connectivity index (χ2n) is 6.24. The first-order valence-electron chi connectivity index (χ1n) is 9.17. The molecule has 0 heterocycles. The molecule has 2 aromatic carbocycles. The largest absolute Gasteiger partial charge is 0.496 e. The zero-order chi connectivity index (χ0) is 19.8. The molecule has 0 atom stereocenters. The molecule has 0 aromatic heterocycles. The van der Waals surface area contributed by atoms with Crippen molar-refractivity contribution >= 4 is 16.5 Å². The van der Waals surface area contributed by atoms with Crippen LogP contribution in [-0.4, -0.2) is 39.4 Å². The summed E-state index contributed by atoms with van der Waals surface area (Å²) in [5.74, 6) is 2.46. The predicted octanol–water partition coefficient (Wildman–Crippen LogP) is 5.02. The number of benzene rings is 2. The number of rotatable bonds is 10. The average molecular weight is 375 g/mol. The molecule has 0 aliphatic rings. The summed E-state index contributed by atoms with van der Waals surface area (Å²) in [6.07, 6.45) is 4.97. The van der Waals surface area contributed by atoms with Crippen molar-refractivity contribution in [1.29, 1.82) is 0 Å². The Morgan fingerprint density at radius 3 is 2.00 bits per heavy atom. The quantitative estimate of drug-likeness (QED) is 0.273. The lowest BCUT2D eigenvalue weighted by Crippen LogP contribution is -2.06. The molecule has 0 aliphatic heterocycles. The fourth-order valence-corrected chi connectivity index (χ4v) is 3.32. The van der Waals surface area contributed by atoms with E-state index in [0.717, 1.165) is 36.5 Å². The third kappa shape index (κ3) is 4.21. The minimum absolute atomic E-state index is 0.563. The summed E-state index contributed by atoms with van der Waals surface area (Å²) in [4.78, 5) is 0. The van der Waals surface area contributed by atoms with E-state index in [-0.39, 0.29) is 0 Å². The number of hydrogen-bond acceptors (Lipinski definition) is 6. The second-order valence-corrected chi connectivity index (χ2v) is 6.24. The van der Waals surface area contributed by atoms with Crippen LogP contribution in [0.25, 0.3) is 10.8 Å². The number of ether oxygens (including phenoxy) is 4. The van der Waals surface area contributed by atoms with E-state index in [4.69, 9.17) is 18.9 Å². The van der Waals surface area contributed by atoms with Gasteiger partial charge in [0, 0.05) is 5.56 Å². The molecule has 0 saturated carbocycles. The Hall–Kier alpha value is -2.63. The highest BCUT2D eigenvalue weighted by atomic mass is 16.5. The third-order valence-electron chi connectivity index (χ3n) is 4.69. The Bertz CT molecular complexity index is 801. The van der Waals surface area contributed by atoms with E-state index in [2.05, 4.69) is 12.1 Å². The van der Waals surface area contributed by atoms with Crippen LogP contribution < -0.4 is 18.9 Å². The number of oxime groups is 1. The number of unbranched alkanes of at least 4 members (excludes halogenated alkanes) is 3. The SMILES string of the molecule is CCCCCCC(=NO)c1cc(OC)c2c(OC)ccc(OC)c2c1OC. The van der Waals surface area contributed by atoms with Crippen LogP contribution in [0.3, 0.4) is 0 Å². The zero-order valence-electron chi connectivity index (χ0n) is 16.8. The number of methoxy groups -OCH3 is 4. The molecule has 148 valence electrons. The van der Waals surface area contributed by atoms with Crippen molar-refractivity contribution < 1.29 is 24.2 Å². The molecule has 1 N–H and O–H groups in total. The lowest BCUT2D eigenvalue weighted by molar-refractivity contribution is 0.317. The number of hydrogen-bond donors (Lipinski definition) is 1. The average Bonchev–Trinajstić information content (AvgIpc) is 2.71. The molecule has 0 unspecified atom stereocenters. The fourth-order valence-electron chi connectivity index (χ4n) is 3.32. The van der Waals surface area contributed by atoms with Crippen LogP contribution in [0, 0.1) is 0 Å². The molecule has 0 saturated heterocycles. The Labute approximate surface area is 160 Å². The van der Waals surface area contributed by atoms with Crippen molar-refractivity contribution in [3.8, 4) is 23.0 Å². The molecule has 0 radical (unpaired) electrons. The molecule has 2 aromatic rings. The van der Waals surface area contributed by atoms with Crippen molar-refractivity contribution in [2.45, 2.75) is 39.0 Å². The van der Waals surface area contributed by atoms with E-state index in [0.29, 0.717) is 40.7 Å². The molecule has 27 heavy (non-hydrogen) atoms. The zero-order valence-corrected chi connectivity index (χ0v) is 16.8. The van der Waals surface area contributed by atoms with Crippen molar-refractivity contribution in [3.63, 3.8) is 0 Å². The van der Waals surface area contributed by atoms with Gasteiger partial charge in [-0.2, -0.15) is 0 Å². The van der Waals surface area contributed by atoms with Crippen LogP contribution >= 0.6 is 0 Å². The maximum absolute atomic E-state index is 9.65. The monoisotopic (exact) mass is 375 g/mol. The van der Waals surface area contributed by atoms with E-state index >= 15 is 0 Å². The van der Waals surface area contributed by atoms with Gasteiger partial charge in [0.2, 0.25) is 0 Å². The van der Waals surface area contributed by atoms with E-state index < -0.39 is 0 Å². The van der Waals surface area contributed by atoms with Gasteiger partial charge < -0.3 is 24.2 Å². The van der Waals surface area contributed by atoms with Gasteiger partial charge in [-0.05, 0) is 31.0 Å². The minimum Gasteiger partial charge on any atom is -0.496 e. The minimum atomic E-state index is 0.563. The fraction of sp³-hybridized carbons (Fsp3) is 0.476. The highest BCUT2D eigenvalue weighted by Gasteiger charge is 2.23. The van der Waals surface area contributed by atoms with Crippen molar-refractivity contribution in [2.24, 2.45) is 5.16 Å². The summed E-state index contributed by atoms with van der Waals surface area (Å²) in [7, 11) is 6.40. The van der Waals surface area contributed by atoms with Crippen molar-refractivity contribution in [2.75, 3.05) is 28.4 Å². The van der Waals surface area contributed by atoms with Gasteiger partial charge >= 0.3 is 0 Å². The van der Waals surface area contributed by atoms with Crippen molar-refractivity contribution in [3.05, 3.63) is 23.8 Å². The number of fused-ring (bicyclic) bond motifs is 1. The van der Waals surface area contributed by atoms with Crippen LogP contribution in [0.4, 0.5) is 0 Å². The molecule has 2 rings (SSSR count). The molecular formula is C21H29NO5. The molecule has 0 fully saturated rings. The van der Waals surface area contributed by atoms with Gasteiger partial charge in [0.1, 0.15) is 23.0 Å². The summed E-state index contributed by atoms with van der Waals surface area (Å²) in [6.45, 7) is 2.16. The van der Waals surface area contributed by atoms with Crippen LogP contribution in [-0.2, 0) is 0 Å². The summed E-state index contributed by atoms with van der Waals surface area (Å²) in [6, 6.07) is 5.48. The second kappa shape index (κ2) is 9.90. The Balaban J connectivity index is 2.70. The first-order chi connectivity index (χ1) is 13.2. The van der Waals surface area contributed by atoms with Gasteiger partial charge in [-0.1, -0.05) is 31.3 Å². The third-order valence-corrected chi connectivity index (χ3v) is 4.69. The Morgan fingerprint density at radius 1 is 0.852 bits per heavy atom. The van der Waals surface area contributed by atoms with E-state index in [1.165, 1.54) is 0 Å². The van der Waals surface area contributed by atoms with Crippen LogP contribution in [0.15, 0.2) is 23.4 Å². The topological polar surface area (TPSA) is 69.5 Å². The van der Waals surface area contributed by atoms with E-state index in [1.54, 1.807) is 28.4 Å². The molecule has 6 nitrogen and oxygen atoms in total. The standard InChI is InChI=1S/C21H29NO5/c1-6-7-8-9-10-15(22-23)14-13-18(26-4)19-16(24-2)11-12-17(25-3)20(19)21(14)27-5/h11-13,23H,6-10H2,1-5H3. The van der Waals surface area contributed by atoms with Gasteiger partial charge in [0.25, 0.3) is 0 Å². The molecule has 0 amide bonds. The maximum Gasteiger partial charge on any atom is 0.140 e. The summed E-state index contributed by atoms with van der Waals surface area (Å²) in [5.41, 5.74) is 1.25. The lowest BCUT2D eigenvalue weighted by Gasteiger charge is -2.19. The molecule has 0 aliphatic carbocycles. The summed E-state index contributed by atoms with van der Waals surface area (Å²) < 4.78 is 22.4. The van der Waals surface area contributed by atoms with Crippen LogP contribution in [0.1, 0.15) is 44.6 Å².